The highest BCUT2D eigenvalue weighted by Crippen LogP contribution is 2.31. The minimum absolute atomic E-state index is 0.0126. The maximum Gasteiger partial charge on any atom is 0.411 e. The van der Waals surface area contributed by atoms with Gasteiger partial charge in [-0.25, -0.2) is 4.79 Å². The van der Waals surface area contributed by atoms with Gasteiger partial charge in [-0.3, -0.25) is 9.69 Å². The average Bonchev–Trinajstić information content (AvgIpc) is 2.40. The molecular weight excluding hydrogens is 304 g/mol. The zero-order valence-corrected chi connectivity index (χ0v) is 14.1. The Morgan fingerprint density at radius 3 is 2.55 bits per heavy atom. The van der Waals surface area contributed by atoms with E-state index in [1.54, 1.807) is 38.8 Å². The second-order valence-corrected chi connectivity index (χ2v) is 6.83. The van der Waals surface area contributed by atoms with E-state index in [0.29, 0.717) is 11.6 Å². The van der Waals surface area contributed by atoms with E-state index < -0.39 is 11.7 Å². The van der Waals surface area contributed by atoms with Crippen LogP contribution in [0.25, 0.3) is 0 Å². The zero-order chi connectivity index (χ0) is 16.5. The maximum atomic E-state index is 12.5. The van der Waals surface area contributed by atoms with Crippen LogP contribution in [0.2, 0.25) is 5.02 Å². The molecule has 0 radical (unpaired) electrons. The number of rotatable bonds is 1. The molecule has 22 heavy (non-hydrogen) atoms. The largest absolute Gasteiger partial charge is 0.444 e. The number of carbonyl (C=O) groups excluding carboxylic acids is 2. The number of hydrogen-bond donors (Lipinski definition) is 0. The first-order valence-electron chi connectivity index (χ1n) is 7.17. The number of amides is 2. The average molecular weight is 325 g/mol. The molecule has 0 saturated carbocycles. The molecule has 1 aliphatic heterocycles. The summed E-state index contributed by atoms with van der Waals surface area (Å²) in [6, 6.07) is 7.03. The third-order valence-corrected chi connectivity index (χ3v) is 3.79. The Kier molecular flexibility index (Phi) is 4.66. The highest BCUT2D eigenvalue weighted by molar-refractivity contribution is 6.31. The second-order valence-electron chi connectivity index (χ2n) is 6.42. The standard InChI is InChI=1S/C16H21ClN2O3/c1-16(2,3)22-15(21)19-10-14(20)18(4)9-13(19)11-7-5-6-8-12(11)17/h5-8,13H,9-10H2,1-4H3. The molecule has 6 heteroatoms. The molecule has 1 aliphatic rings. The van der Waals surface area contributed by atoms with Crippen molar-refractivity contribution in [1.82, 2.24) is 9.80 Å². The summed E-state index contributed by atoms with van der Waals surface area (Å²) in [5.74, 6) is -0.117. The topological polar surface area (TPSA) is 49.9 Å². The summed E-state index contributed by atoms with van der Waals surface area (Å²) >= 11 is 6.26. The minimum Gasteiger partial charge on any atom is -0.444 e. The highest BCUT2D eigenvalue weighted by Gasteiger charge is 2.37. The van der Waals surface area contributed by atoms with Crippen molar-refractivity contribution in [3.05, 3.63) is 34.9 Å². The van der Waals surface area contributed by atoms with Gasteiger partial charge in [-0.15, -0.1) is 0 Å². The van der Waals surface area contributed by atoms with Gasteiger partial charge in [0, 0.05) is 18.6 Å². The monoisotopic (exact) mass is 324 g/mol. The molecule has 1 unspecified atom stereocenters. The number of halogens is 1. The Labute approximate surface area is 135 Å². The van der Waals surface area contributed by atoms with Gasteiger partial charge in [0.2, 0.25) is 5.91 Å². The number of piperazine rings is 1. The molecule has 0 N–H and O–H groups in total. The Morgan fingerprint density at radius 1 is 1.32 bits per heavy atom. The van der Waals surface area contributed by atoms with Gasteiger partial charge in [0.15, 0.2) is 0 Å². The van der Waals surface area contributed by atoms with E-state index in [2.05, 4.69) is 0 Å². The molecule has 1 heterocycles. The summed E-state index contributed by atoms with van der Waals surface area (Å²) in [7, 11) is 1.72. The Hall–Kier alpha value is -1.75. The van der Waals surface area contributed by atoms with Crippen LogP contribution in [0, 0.1) is 0 Å². The van der Waals surface area contributed by atoms with Gasteiger partial charge < -0.3 is 9.64 Å². The molecule has 5 nitrogen and oxygen atoms in total. The first kappa shape index (κ1) is 16.6. The van der Waals surface area contributed by atoms with E-state index in [0.717, 1.165) is 5.56 Å². The summed E-state index contributed by atoms with van der Waals surface area (Å²) in [5, 5.41) is 0.573. The molecule has 0 aliphatic carbocycles. The number of ether oxygens (including phenoxy) is 1. The fourth-order valence-electron chi connectivity index (χ4n) is 2.36. The van der Waals surface area contributed by atoms with Crippen LogP contribution in [-0.2, 0) is 9.53 Å². The highest BCUT2D eigenvalue weighted by atomic mass is 35.5. The fraction of sp³-hybridized carbons (Fsp3) is 0.500. The number of nitrogens with zero attached hydrogens (tertiary/aromatic N) is 2. The molecule has 2 rings (SSSR count). The summed E-state index contributed by atoms with van der Waals surface area (Å²) in [6.07, 6.45) is -0.501. The van der Waals surface area contributed by atoms with Gasteiger partial charge in [-0.2, -0.15) is 0 Å². The van der Waals surface area contributed by atoms with Crippen LogP contribution >= 0.6 is 11.6 Å². The van der Waals surface area contributed by atoms with Crippen LogP contribution in [0.1, 0.15) is 32.4 Å². The van der Waals surface area contributed by atoms with Crippen molar-refractivity contribution in [3.8, 4) is 0 Å². The summed E-state index contributed by atoms with van der Waals surface area (Å²) in [6.45, 7) is 5.77. The van der Waals surface area contributed by atoms with Gasteiger partial charge in [0.05, 0.1) is 6.04 Å². The zero-order valence-electron chi connectivity index (χ0n) is 13.3. The predicted molar refractivity (Wildman–Crippen MR) is 84.8 cm³/mol. The lowest BCUT2D eigenvalue weighted by atomic mass is 10.0. The molecule has 120 valence electrons. The lowest BCUT2D eigenvalue weighted by Gasteiger charge is -2.40. The van der Waals surface area contributed by atoms with Crippen LogP contribution in [-0.4, -0.2) is 47.5 Å². The van der Waals surface area contributed by atoms with Crippen molar-refractivity contribution in [1.29, 1.82) is 0 Å². The van der Waals surface area contributed by atoms with E-state index in [1.807, 2.05) is 18.2 Å². The molecule has 1 aromatic carbocycles. The maximum absolute atomic E-state index is 12.5. The van der Waals surface area contributed by atoms with Crippen molar-refractivity contribution in [2.45, 2.75) is 32.4 Å². The third kappa shape index (κ3) is 3.71. The van der Waals surface area contributed by atoms with Crippen LogP contribution in [0.4, 0.5) is 4.79 Å². The van der Waals surface area contributed by atoms with Crippen molar-refractivity contribution in [2.24, 2.45) is 0 Å². The Balaban J connectivity index is 2.33. The van der Waals surface area contributed by atoms with Crippen molar-refractivity contribution in [2.75, 3.05) is 20.1 Å². The molecule has 1 aromatic rings. The number of likely N-dealkylation sites (N-methyl/N-ethyl adjacent to an activating group) is 1. The van der Waals surface area contributed by atoms with Crippen LogP contribution in [0.3, 0.4) is 0 Å². The van der Waals surface area contributed by atoms with Crippen molar-refractivity contribution >= 4 is 23.6 Å². The second kappa shape index (κ2) is 6.16. The molecule has 0 bridgehead atoms. The van der Waals surface area contributed by atoms with E-state index >= 15 is 0 Å². The fourth-order valence-corrected chi connectivity index (χ4v) is 2.62. The normalized spacial score (nSPS) is 19.3. The van der Waals surface area contributed by atoms with Gasteiger partial charge in [0.1, 0.15) is 12.1 Å². The van der Waals surface area contributed by atoms with E-state index in [-0.39, 0.29) is 18.5 Å². The molecule has 0 aromatic heterocycles. The quantitative estimate of drug-likeness (QED) is 0.797. The van der Waals surface area contributed by atoms with Gasteiger partial charge >= 0.3 is 6.09 Å². The molecular formula is C16H21ClN2O3. The minimum atomic E-state index is -0.617. The number of carbonyl (C=O) groups is 2. The predicted octanol–water partition coefficient (Wildman–Crippen LogP) is 3.09. The number of hydrogen-bond acceptors (Lipinski definition) is 3. The Bertz CT molecular complexity index is 583. The summed E-state index contributed by atoms with van der Waals surface area (Å²) in [5.41, 5.74) is 0.198. The lowest BCUT2D eigenvalue weighted by molar-refractivity contribution is -0.136. The smallest absolute Gasteiger partial charge is 0.411 e. The molecule has 0 spiro atoms. The van der Waals surface area contributed by atoms with Crippen LogP contribution in [0.5, 0.6) is 0 Å². The molecule has 2 amide bonds. The van der Waals surface area contributed by atoms with Crippen LogP contribution in [0.15, 0.2) is 24.3 Å². The van der Waals surface area contributed by atoms with Crippen molar-refractivity contribution < 1.29 is 14.3 Å². The van der Waals surface area contributed by atoms with Gasteiger partial charge in [0.25, 0.3) is 0 Å². The van der Waals surface area contributed by atoms with Crippen LogP contribution < -0.4 is 0 Å². The molecule has 1 saturated heterocycles. The molecule has 1 atom stereocenters. The summed E-state index contributed by atoms with van der Waals surface area (Å²) < 4.78 is 5.43. The van der Waals surface area contributed by atoms with E-state index in [9.17, 15) is 9.59 Å². The van der Waals surface area contributed by atoms with E-state index in [4.69, 9.17) is 16.3 Å². The third-order valence-electron chi connectivity index (χ3n) is 3.45. The first-order valence-corrected chi connectivity index (χ1v) is 7.55. The lowest BCUT2D eigenvalue weighted by Crippen LogP contribution is -2.53. The van der Waals surface area contributed by atoms with Gasteiger partial charge in [-0.1, -0.05) is 29.8 Å². The molecule has 1 fully saturated rings. The van der Waals surface area contributed by atoms with Gasteiger partial charge in [-0.05, 0) is 32.4 Å². The Morgan fingerprint density at radius 2 is 1.95 bits per heavy atom. The van der Waals surface area contributed by atoms with Crippen molar-refractivity contribution in [3.63, 3.8) is 0 Å². The first-order chi connectivity index (χ1) is 10.2. The summed E-state index contributed by atoms with van der Waals surface area (Å²) in [4.78, 5) is 27.5. The number of benzene rings is 1. The SMILES string of the molecule is CN1CC(c2ccccc2Cl)N(C(=O)OC(C)(C)C)CC1=O. The van der Waals surface area contributed by atoms with E-state index in [1.165, 1.54) is 4.90 Å².